The van der Waals surface area contributed by atoms with Crippen molar-refractivity contribution in [2.45, 2.75) is 18.8 Å². The number of nitrogens with zero attached hydrogens (tertiary/aromatic N) is 4. The van der Waals surface area contributed by atoms with Crippen LogP contribution in [0.4, 0.5) is 5.69 Å². The van der Waals surface area contributed by atoms with Crippen molar-refractivity contribution in [2.24, 2.45) is 0 Å². The molecule has 2 aromatic heterocycles. The van der Waals surface area contributed by atoms with Crippen LogP contribution in [0.5, 0.6) is 5.75 Å². The second-order valence-corrected chi connectivity index (χ2v) is 6.55. The third-order valence-electron chi connectivity index (χ3n) is 4.75. The van der Waals surface area contributed by atoms with Crippen LogP contribution in [-0.2, 0) is 20.7 Å². The number of carbonyl (C=O) groups excluding carboxylic acids is 2. The first-order valence-corrected chi connectivity index (χ1v) is 9.02. The largest absolute Gasteiger partial charge is 0.506 e. The summed E-state index contributed by atoms with van der Waals surface area (Å²) >= 11 is 0. The van der Waals surface area contributed by atoms with Crippen molar-refractivity contribution < 1.29 is 24.0 Å². The van der Waals surface area contributed by atoms with E-state index in [1.165, 1.54) is 19.4 Å². The highest BCUT2D eigenvalue weighted by molar-refractivity contribution is 5.99. The number of carbonyl (C=O) groups is 2. The van der Waals surface area contributed by atoms with E-state index in [0.717, 1.165) is 5.56 Å². The van der Waals surface area contributed by atoms with Gasteiger partial charge in [0.05, 0.1) is 13.3 Å². The molecule has 9 nitrogen and oxygen atoms in total. The van der Waals surface area contributed by atoms with Gasteiger partial charge in [0, 0.05) is 25.1 Å². The Morgan fingerprint density at radius 3 is 2.86 bits per heavy atom. The average molecular weight is 394 g/mol. The molecule has 4 rings (SSSR count). The molecule has 1 amide bonds. The number of para-hydroxylation sites is 1. The van der Waals surface area contributed by atoms with E-state index in [-0.39, 0.29) is 42.8 Å². The van der Waals surface area contributed by atoms with Gasteiger partial charge in [0.2, 0.25) is 17.6 Å². The van der Waals surface area contributed by atoms with Crippen molar-refractivity contribution in [3.63, 3.8) is 0 Å². The zero-order valence-electron chi connectivity index (χ0n) is 15.6. The van der Waals surface area contributed by atoms with Gasteiger partial charge in [0.15, 0.2) is 0 Å². The summed E-state index contributed by atoms with van der Waals surface area (Å²) in [4.78, 5) is 34.7. The molecule has 9 heteroatoms. The van der Waals surface area contributed by atoms with Crippen LogP contribution in [-0.4, -0.2) is 45.8 Å². The number of aromatic nitrogens is 3. The van der Waals surface area contributed by atoms with E-state index < -0.39 is 5.92 Å². The van der Waals surface area contributed by atoms with E-state index in [2.05, 4.69) is 15.1 Å². The molecule has 0 fully saturated rings. The Labute approximate surface area is 165 Å². The number of rotatable bonds is 5. The van der Waals surface area contributed by atoms with Gasteiger partial charge in [-0.2, -0.15) is 4.98 Å². The maximum absolute atomic E-state index is 12.8. The lowest BCUT2D eigenvalue weighted by Crippen LogP contribution is -2.31. The summed E-state index contributed by atoms with van der Waals surface area (Å²) in [5.74, 6) is -0.373. The number of benzene rings is 1. The summed E-state index contributed by atoms with van der Waals surface area (Å²) in [5, 5.41) is 13.2. The molecule has 0 aliphatic carbocycles. The molecule has 0 saturated carbocycles. The molecule has 148 valence electrons. The number of ether oxygens (including phenoxy) is 1. The number of hydrogen-bond donors (Lipinski definition) is 1. The van der Waals surface area contributed by atoms with Crippen molar-refractivity contribution in [1.82, 2.24) is 15.1 Å². The first-order valence-electron chi connectivity index (χ1n) is 9.02. The number of anilines is 1. The Kier molecular flexibility index (Phi) is 4.94. The molecule has 1 aliphatic heterocycles. The zero-order valence-corrected chi connectivity index (χ0v) is 15.6. The minimum Gasteiger partial charge on any atom is -0.506 e. The molecule has 0 radical (unpaired) electrons. The molecule has 0 saturated heterocycles. The van der Waals surface area contributed by atoms with Crippen molar-refractivity contribution in [3.8, 4) is 17.3 Å². The van der Waals surface area contributed by atoms with Gasteiger partial charge in [-0.15, -0.1) is 0 Å². The summed E-state index contributed by atoms with van der Waals surface area (Å²) in [6.07, 6.45) is 1.69. The monoisotopic (exact) mass is 394 g/mol. The molecule has 0 bridgehead atoms. The second kappa shape index (κ2) is 7.70. The van der Waals surface area contributed by atoms with Gasteiger partial charge >= 0.3 is 5.97 Å². The third-order valence-corrected chi connectivity index (χ3v) is 4.75. The van der Waals surface area contributed by atoms with Crippen LogP contribution in [0, 0.1) is 0 Å². The lowest BCUT2D eigenvalue weighted by molar-refractivity contribution is -0.142. The molecule has 1 atom stereocenters. The zero-order chi connectivity index (χ0) is 20.4. The molecule has 0 spiro atoms. The Bertz CT molecular complexity index is 1050. The van der Waals surface area contributed by atoms with Crippen molar-refractivity contribution in [1.29, 1.82) is 0 Å². The van der Waals surface area contributed by atoms with Crippen LogP contribution in [0.2, 0.25) is 0 Å². The van der Waals surface area contributed by atoms with Crippen molar-refractivity contribution in [2.75, 3.05) is 18.6 Å². The summed E-state index contributed by atoms with van der Waals surface area (Å²) in [5.41, 5.74) is 1.96. The smallest absolute Gasteiger partial charge is 0.315 e. The van der Waals surface area contributed by atoms with E-state index in [9.17, 15) is 14.7 Å². The van der Waals surface area contributed by atoms with Crippen LogP contribution >= 0.6 is 0 Å². The predicted octanol–water partition coefficient (Wildman–Crippen LogP) is 2.07. The maximum atomic E-state index is 12.8. The van der Waals surface area contributed by atoms with Crippen LogP contribution in [0.15, 0.2) is 47.1 Å². The van der Waals surface area contributed by atoms with Gasteiger partial charge in [0.25, 0.3) is 0 Å². The lowest BCUT2D eigenvalue weighted by atomic mass is 10.0. The number of fused-ring (bicyclic) bond motifs is 1. The quantitative estimate of drug-likeness (QED) is 0.653. The minimum atomic E-state index is -0.490. The Morgan fingerprint density at radius 2 is 2.10 bits per heavy atom. The summed E-state index contributed by atoms with van der Waals surface area (Å²) in [6.45, 7) is 0.247. The average Bonchev–Trinajstić information content (AvgIpc) is 3.37. The van der Waals surface area contributed by atoms with E-state index >= 15 is 0 Å². The summed E-state index contributed by atoms with van der Waals surface area (Å²) in [6, 6.07) is 10.4. The summed E-state index contributed by atoms with van der Waals surface area (Å²) in [7, 11) is 1.34. The van der Waals surface area contributed by atoms with Crippen LogP contribution in [0.25, 0.3) is 11.5 Å². The highest BCUT2D eigenvalue weighted by atomic mass is 16.5. The number of aryl methyl sites for hydroxylation is 1. The highest BCUT2D eigenvalue weighted by Gasteiger charge is 2.36. The van der Waals surface area contributed by atoms with Crippen LogP contribution in [0.3, 0.4) is 0 Å². The Morgan fingerprint density at radius 1 is 1.28 bits per heavy atom. The molecule has 1 aliphatic rings. The first-order chi connectivity index (χ1) is 14.1. The molecule has 3 heterocycles. The summed E-state index contributed by atoms with van der Waals surface area (Å²) < 4.78 is 10.1. The van der Waals surface area contributed by atoms with Gasteiger partial charge in [-0.05, 0) is 23.8 Å². The van der Waals surface area contributed by atoms with Gasteiger partial charge in [-0.3, -0.25) is 9.59 Å². The highest BCUT2D eigenvalue weighted by Crippen LogP contribution is 2.37. The number of pyridine rings is 1. The van der Waals surface area contributed by atoms with Gasteiger partial charge < -0.3 is 19.3 Å². The fourth-order valence-corrected chi connectivity index (χ4v) is 3.31. The minimum absolute atomic E-state index is 0.0409. The third kappa shape index (κ3) is 3.66. The standard InChI is InChI=1S/C20H18N4O5/c1-28-20(27)14-11-24(16-5-3-2-4-13(14)16)18(26)9-8-17-22-19(23-29-17)15-7-6-12(25)10-21-15/h2-7,10,14,25H,8-9,11H2,1H3. The predicted molar refractivity (Wildman–Crippen MR) is 101 cm³/mol. The van der Waals surface area contributed by atoms with E-state index in [4.69, 9.17) is 9.26 Å². The van der Waals surface area contributed by atoms with Crippen molar-refractivity contribution >= 4 is 17.6 Å². The topological polar surface area (TPSA) is 119 Å². The van der Waals surface area contributed by atoms with Crippen LogP contribution in [0.1, 0.15) is 23.8 Å². The molecule has 1 unspecified atom stereocenters. The lowest BCUT2D eigenvalue weighted by Gasteiger charge is -2.17. The molecular weight excluding hydrogens is 376 g/mol. The maximum Gasteiger partial charge on any atom is 0.315 e. The number of aromatic hydroxyl groups is 1. The fraction of sp³-hybridized carbons (Fsp3) is 0.250. The number of methoxy groups -OCH3 is 1. The van der Waals surface area contributed by atoms with E-state index in [0.29, 0.717) is 17.3 Å². The van der Waals surface area contributed by atoms with Gasteiger partial charge in [0.1, 0.15) is 17.4 Å². The Hall–Kier alpha value is -3.75. The number of esters is 1. The van der Waals surface area contributed by atoms with Crippen LogP contribution < -0.4 is 4.90 Å². The molecule has 3 aromatic rings. The van der Waals surface area contributed by atoms with E-state index in [1.54, 1.807) is 11.0 Å². The van der Waals surface area contributed by atoms with E-state index in [1.807, 2.05) is 24.3 Å². The molecule has 1 N–H and O–H groups in total. The number of amides is 1. The fourth-order valence-electron chi connectivity index (χ4n) is 3.31. The second-order valence-electron chi connectivity index (χ2n) is 6.55. The van der Waals surface area contributed by atoms with Gasteiger partial charge in [-0.25, -0.2) is 4.98 Å². The molecular formula is C20H18N4O5. The van der Waals surface area contributed by atoms with Crippen molar-refractivity contribution in [3.05, 3.63) is 54.0 Å². The normalized spacial score (nSPS) is 15.2. The molecule has 29 heavy (non-hydrogen) atoms. The van der Waals surface area contributed by atoms with Gasteiger partial charge in [-0.1, -0.05) is 23.4 Å². The first kappa shape index (κ1) is 18.6. The Balaban J connectivity index is 1.44. The molecule has 1 aromatic carbocycles. The SMILES string of the molecule is COC(=O)C1CN(C(=O)CCc2nc(-c3ccc(O)cn3)no2)c2ccccc21. The number of hydrogen-bond acceptors (Lipinski definition) is 8.